The van der Waals surface area contributed by atoms with Gasteiger partial charge in [0.05, 0.1) is 6.54 Å². The average Bonchev–Trinajstić information content (AvgIpc) is 3.42. The van der Waals surface area contributed by atoms with Gasteiger partial charge < -0.3 is 5.32 Å². The molecular weight excluding hydrogens is 308 g/mol. The highest BCUT2D eigenvalue weighted by molar-refractivity contribution is 5.93. The molecule has 1 aliphatic rings. The molecule has 1 saturated carbocycles. The molecule has 0 aliphatic heterocycles. The minimum atomic E-state index is 0.0922. The Hall–Kier alpha value is -2.13. The molecular formula is C22H28N2O. The predicted molar refractivity (Wildman–Crippen MR) is 104 cm³/mol. The molecule has 0 saturated heterocycles. The van der Waals surface area contributed by atoms with Gasteiger partial charge in [-0.05, 0) is 55.3 Å². The Kier molecular flexibility index (Phi) is 6.24. The number of amides is 1. The van der Waals surface area contributed by atoms with Crippen molar-refractivity contribution in [2.75, 3.05) is 25.0 Å². The quantitative estimate of drug-likeness (QED) is 0.739. The molecule has 1 aliphatic carbocycles. The van der Waals surface area contributed by atoms with Crippen LogP contribution in [-0.2, 0) is 11.2 Å². The van der Waals surface area contributed by atoms with Gasteiger partial charge in [-0.2, -0.15) is 0 Å². The van der Waals surface area contributed by atoms with Crippen molar-refractivity contribution >= 4 is 11.6 Å². The second-order valence-corrected chi connectivity index (χ2v) is 7.05. The fourth-order valence-electron chi connectivity index (χ4n) is 3.22. The number of hydrogen-bond acceptors (Lipinski definition) is 2. The number of hydrogen-bond donors (Lipinski definition) is 1. The number of nitrogens with one attached hydrogen (secondary N) is 1. The summed E-state index contributed by atoms with van der Waals surface area (Å²) in [5.74, 6) is 0.902. The number of benzene rings is 2. The van der Waals surface area contributed by atoms with Crippen LogP contribution in [0.4, 0.5) is 5.69 Å². The van der Waals surface area contributed by atoms with Crippen molar-refractivity contribution in [3.63, 3.8) is 0 Å². The van der Waals surface area contributed by atoms with Crippen molar-refractivity contribution < 1.29 is 4.79 Å². The summed E-state index contributed by atoms with van der Waals surface area (Å²) < 4.78 is 0. The standard InChI is InChI=1S/C22H28N2O/c1-2-14-24(16-19-12-13-19)17-22(25)23-21-11-7-6-10-20(21)15-18-8-4-3-5-9-18/h3-11,19H,2,12-17H2,1H3,(H,23,25). The number of nitrogens with zero attached hydrogens (tertiary/aromatic N) is 1. The molecule has 0 unspecified atom stereocenters. The Labute approximate surface area is 151 Å². The van der Waals surface area contributed by atoms with E-state index in [1.54, 1.807) is 0 Å². The molecule has 3 rings (SSSR count). The Bertz CT molecular complexity index is 679. The van der Waals surface area contributed by atoms with Crippen LogP contribution in [-0.4, -0.2) is 30.4 Å². The predicted octanol–water partition coefficient (Wildman–Crippen LogP) is 4.34. The number of anilines is 1. The highest BCUT2D eigenvalue weighted by Crippen LogP contribution is 2.29. The first-order chi connectivity index (χ1) is 12.2. The van der Waals surface area contributed by atoms with E-state index in [2.05, 4.69) is 47.5 Å². The largest absolute Gasteiger partial charge is 0.325 e. The Morgan fingerprint density at radius 3 is 2.52 bits per heavy atom. The van der Waals surface area contributed by atoms with E-state index in [1.807, 2.05) is 24.3 Å². The molecule has 1 amide bonds. The highest BCUT2D eigenvalue weighted by Gasteiger charge is 2.25. The third-order valence-electron chi connectivity index (χ3n) is 4.65. The van der Waals surface area contributed by atoms with E-state index in [0.29, 0.717) is 6.54 Å². The summed E-state index contributed by atoms with van der Waals surface area (Å²) in [7, 11) is 0. The lowest BCUT2D eigenvalue weighted by Gasteiger charge is -2.21. The van der Waals surface area contributed by atoms with Crippen molar-refractivity contribution in [1.82, 2.24) is 4.90 Å². The van der Waals surface area contributed by atoms with Crippen LogP contribution in [0.15, 0.2) is 54.6 Å². The van der Waals surface area contributed by atoms with E-state index in [-0.39, 0.29) is 5.91 Å². The molecule has 0 atom stereocenters. The number of carbonyl (C=O) groups is 1. The van der Waals surface area contributed by atoms with Crippen molar-refractivity contribution in [3.05, 3.63) is 65.7 Å². The van der Waals surface area contributed by atoms with Crippen LogP contribution in [0.2, 0.25) is 0 Å². The van der Waals surface area contributed by atoms with E-state index in [4.69, 9.17) is 0 Å². The molecule has 0 heterocycles. The fourth-order valence-corrected chi connectivity index (χ4v) is 3.22. The Morgan fingerprint density at radius 1 is 1.08 bits per heavy atom. The van der Waals surface area contributed by atoms with Gasteiger partial charge in [-0.25, -0.2) is 0 Å². The van der Waals surface area contributed by atoms with E-state index < -0.39 is 0 Å². The summed E-state index contributed by atoms with van der Waals surface area (Å²) in [4.78, 5) is 14.8. The van der Waals surface area contributed by atoms with Crippen molar-refractivity contribution in [2.24, 2.45) is 5.92 Å². The molecule has 25 heavy (non-hydrogen) atoms. The number of para-hydroxylation sites is 1. The van der Waals surface area contributed by atoms with Gasteiger partial charge in [0.2, 0.25) is 5.91 Å². The van der Waals surface area contributed by atoms with Gasteiger partial charge in [-0.3, -0.25) is 9.69 Å². The molecule has 2 aromatic carbocycles. The lowest BCUT2D eigenvalue weighted by atomic mass is 10.0. The van der Waals surface area contributed by atoms with Crippen LogP contribution in [0, 0.1) is 5.92 Å². The van der Waals surface area contributed by atoms with Crippen LogP contribution in [0.25, 0.3) is 0 Å². The van der Waals surface area contributed by atoms with Gasteiger partial charge in [0.1, 0.15) is 0 Å². The first-order valence-corrected chi connectivity index (χ1v) is 9.38. The van der Waals surface area contributed by atoms with Crippen LogP contribution < -0.4 is 5.32 Å². The lowest BCUT2D eigenvalue weighted by Crippen LogP contribution is -2.35. The molecule has 132 valence electrons. The van der Waals surface area contributed by atoms with Gasteiger partial charge in [-0.15, -0.1) is 0 Å². The summed E-state index contributed by atoms with van der Waals surface area (Å²) in [6, 6.07) is 18.5. The van der Waals surface area contributed by atoms with Gasteiger partial charge in [-0.1, -0.05) is 55.5 Å². The Balaban J connectivity index is 1.62. The van der Waals surface area contributed by atoms with E-state index in [9.17, 15) is 4.79 Å². The maximum Gasteiger partial charge on any atom is 0.238 e. The first kappa shape index (κ1) is 17.7. The van der Waals surface area contributed by atoms with Crippen molar-refractivity contribution in [1.29, 1.82) is 0 Å². The zero-order chi connectivity index (χ0) is 17.5. The molecule has 3 heteroatoms. The lowest BCUT2D eigenvalue weighted by molar-refractivity contribution is -0.117. The van der Waals surface area contributed by atoms with Crippen LogP contribution in [0.5, 0.6) is 0 Å². The van der Waals surface area contributed by atoms with E-state index in [0.717, 1.165) is 43.1 Å². The zero-order valence-corrected chi connectivity index (χ0v) is 15.1. The molecule has 0 bridgehead atoms. The normalized spacial score (nSPS) is 13.8. The van der Waals surface area contributed by atoms with Crippen LogP contribution >= 0.6 is 0 Å². The SMILES string of the molecule is CCCN(CC(=O)Nc1ccccc1Cc1ccccc1)CC1CC1. The summed E-state index contributed by atoms with van der Waals surface area (Å²) in [6.07, 6.45) is 4.56. The molecule has 0 radical (unpaired) electrons. The van der Waals surface area contributed by atoms with Gasteiger partial charge in [0.15, 0.2) is 0 Å². The minimum absolute atomic E-state index is 0.0922. The third-order valence-corrected chi connectivity index (χ3v) is 4.65. The fraction of sp³-hybridized carbons (Fsp3) is 0.409. The number of carbonyl (C=O) groups excluding carboxylic acids is 1. The summed E-state index contributed by atoms with van der Waals surface area (Å²) >= 11 is 0. The van der Waals surface area contributed by atoms with Crippen LogP contribution in [0.3, 0.4) is 0 Å². The molecule has 0 aromatic heterocycles. The molecule has 0 spiro atoms. The molecule has 1 fully saturated rings. The van der Waals surface area contributed by atoms with Gasteiger partial charge >= 0.3 is 0 Å². The van der Waals surface area contributed by atoms with Gasteiger partial charge in [0.25, 0.3) is 0 Å². The summed E-state index contributed by atoms with van der Waals surface area (Å²) in [6.45, 7) is 4.72. The van der Waals surface area contributed by atoms with Crippen molar-refractivity contribution in [3.8, 4) is 0 Å². The topological polar surface area (TPSA) is 32.3 Å². The minimum Gasteiger partial charge on any atom is -0.325 e. The van der Waals surface area contributed by atoms with E-state index >= 15 is 0 Å². The average molecular weight is 336 g/mol. The van der Waals surface area contributed by atoms with E-state index in [1.165, 1.54) is 18.4 Å². The van der Waals surface area contributed by atoms with Crippen LogP contribution in [0.1, 0.15) is 37.3 Å². The summed E-state index contributed by atoms with van der Waals surface area (Å²) in [5.41, 5.74) is 3.34. The molecule has 1 N–H and O–H groups in total. The maximum atomic E-state index is 12.6. The highest BCUT2D eigenvalue weighted by atomic mass is 16.2. The molecule has 3 nitrogen and oxygen atoms in total. The first-order valence-electron chi connectivity index (χ1n) is 9.38. The second-order valence-electron chi connectivity index (χ2n) is 7.05. The monoisotopic (exact) mass is 336 g/mol. The zero-order valence-electron chi connectivity index (χ0n) is 15.1. The number of rotatable bonds is 9. The maximum absolute atomic E-state index is 12.6. The van der Waals surface area contributed by atoms with Crippen molar-refractivity contribution in [2.45, 2.75) is 32.6 Å². The molecule has 2 aromatic rings. The Morgan fingerprint density at radius 2 is 1.80 bits per heavy atom. The third kappa shape index (κ3) is 5.71. The summed E-state index contributed by atoms with van der Waals surface area (Å²) in [5, 5.41) is 3.13. The van der Waals surface area contributed by atoms with Gasteiger partial charge in [0, 0.05) is 12.2 Å². The smallest absolute Gasteiger partial charge is 0.238 e. The second kappa shape index (κ2) is 8.82.